The Balaban J connectivity index is 0.00000180. The number of ketones is 1. The summed E-state index contributed by atoms with van der Waals surface area (Å²) in [5.41, 5.74) is 0.758. The summed E-state index contributed by atoms with van der Waals surface area (Å²) in [4.78, 5) is 16.7. The smallest absolute Gasteiger partial charge is 0.164 e. The number of hydrogen-bond acceptors (Lipinski definition) is 3. The molecule has 5 heteroatoms. The maximum Gasteiger partial charge on any atom is 0.164 e. The van der Waals surface area contributed by atoms with Crippen molar-refractivity contribution >= 4 is 29.8 Å². The molecule has 0 bridgehead atoms. The number of hydrogen-bond donors (Lipinski definition) is 0. The van der Waals surface area contributed by atoms with E-state index in [1.807, 2.05) is 0 Å². The van der Waals surface area contributed by atoms with Crippen LogP contribution in [0.5, 0.6) is 0 Å². The lowest BCUT2D eigenvalue weighted by molar-refractivity contribution is 0.0942. The Labute approximate surface area is 125 Å². The second-order valence-corrected chi connectivity index (χ2v) is 5.26. The van der Waals surface area contributed by atoms with Crippen LogP contribution in [0.2, 0.25) is 5.02 Å². The molecule has 0 saturated carbocycles. The van der Waals surface area contributed by atoms with Crippen molar-refractivity contribution in [1.29, 1.82) is 0 Å². The van der Waals surface area contributed by atoms with Gasteiger partial charge in [0.15, 0.2) is 5.78 Å². The topological polar surface area (TPSA) is 23.6 Å². The highest BCUT2D eigenvalue weighted by molar-refractivity contribution is 6.30. The Bertz CT molecular complexity index is 400. The van der Waals surface area contributed by atoms with Crippen molar-refractivity contribution in [1.82, 2.24) is 9.80 Å². The molecule has 1 fully saturated rings. The van der Waals surface area contributed by atoms with Gasteiger partial charge in [-0.15, -0.1) is 12.4 Å². The van der Waals surface area contributed by atoms with Crippen LogP contribution in [0.3, 0.4) is 0 Å². The molecule has 1 aromatic rings. The van der Waals surface area contributed by atoms with Crippen molar-refractivity contribution in [2.45, 2.75) is 6.42 Å². The van der Waals surface area contributed by atoms with Crippen LogP contribution in [0.25, 0.3) is 0 Å². The van der Waals surface area contributed by atoms with Gasteiger partial charge in [-0.1, -0.05) is 11.6 Å². The first-order valence-corrected chi connectivity index (χ1v) is 6.72. The summed E-state index contributed by atoms with van der Waals surface area (Å²) in [5, 5.41) is 0.672. The molecule has 1 aliphatic heterocycles. The molecule has 0 N–H and O–H groups in total. The molecule has 2 rings (SSSR count). The van der Waals surface area contributed by atoms with Crippen molar-refractivity contribution in [3.05, 3.63) is 34.9 Å². The molecule has 1 aliphatic rings. The zero-order valence-electron chi connectivity index (χ0n) is 11.1. The maximum atomic E-state index is 12.0. The zero-order valence-corrected chi connectivity index (χ0v) is 12.7. The van der Waals surface area contributed by atoms with E-state index in [0.717, 1.165) is 38.3 Å². The van der Waals surface area contributed by atoms with Crippen LogP contribution in [-0.2, 0) is 0 Å². The van der Waals surface area contributed by atoms with Crippen LogP contribution in [0, 0.1) is 0 Å². The van der Waals surface area contributed by atoms with E-state index in [-0.39, 0.29) is 18.2 Å². The zero-order chi connectivity index (χ0) is 13.0. The van der Waals surface area contributed by atoms with E-state index in [1.54, 1.807) is 24.3 Å². The van der Waals surface area contributed by atoms with Crippen molar-refractivity contribution in [2.24, 2.45) is 0 Å². The van der Waals surface area contributed by atoms with Gasteiger partial charge in [-0.3, -0.25) is 4.79 Å². The van der Waals surface area contributed by atoms with E-state index in [4.69, 9.17) is 11.6 Å². The standard InChI is InChI=1S/C14H19ClN2O.ClH/c1-16-8-10-17(11-9-16)7-6-14(18)12-2-4-13(15)5-3-12;/h2-5H,6-11H2,1H3;1H. The fourth-order valence-electron chi connectivity index (χ4n) is 2.11. The molecular formula is C14H20Cl2N2O. The predicted octanol–water partition coefficient (Wildman–Crippen LogP) is 2.58. The first kappa shape index (κ1) is 16.4. The van der Waals surface area contributed by atoms with E-state index in [2.05, 4.69) is 16.8 Å². The summed E-state index contributed by atoms with van der Waals surface area (Å²) in [6.45, 7) is 5.16. The largest absolute Gasteiger partial charge is 0.304 e. The van der Waals surface area contributed by atoms with E-state index >= 15 is 0 Å². The number of piperazine rings is 1. The highest BCUT2D eigenvalue weighted by Crippen LogP contribution is 2.11. The Morgan fingerprint density at radius 3 is 2.32 bits per heavy atom. The molecule has 1 aromatic carbocycles. The Kier molecular flexibility index (Phi) is 6.80. The molecule has 0 spiro atoms. The Morgan fingerprint density at radius 2 is 1.74 bits per heavy atom. The minimum Gasteiger partial charge on any atom is -0.304 e. The number of halogens is 2. The van der Waals surface area contributed by atoms with Crippen LogP contribution in [-0.4, -0.2) is 55.4 Å². The molecule has 19 heavy (non-hydrogen) atoms. The van der Waals surface area contributed by atoms with Crippen molar-refractivity contribution < 1.29 is 4.79 Å². The van der Waals surface area contributed by atoms with Crippen LogP contribution in [0.15, 0.2) is 24.3 Å². The van der Waals surface area contributed by atoms with Crippen LogP contribution in [0.4, 0.5) is 0 Å². The fraction of sp³-hybridized carbons (Fsp3) is 0.500. The predicted molar refractivity (Wildman–Crippen MR) is 81.6 cm³/mol. The lowest BCUT2D eigenvalue weighted by Gasteiger charge is -2.32. The molecule has 0 unspecified atom stereocenters. The third kappa shape index (κ3) is 5.11. The van der Waals surface area contributed by atoms with Crippen LogP contribution in [0.1, 0.15) is 16.8 Å². The maximum absolute atomic E-state index is 12.0. The number of nitrogens with zero attached hydrogens (tertiary/aromatic N) is 2. The monoisotopic (exact) mass is 302 g/mol. The minimum absolute atomic E-state index is 0. The van der Waals surface area contributed by atoms with Gasteiger partial charge >= 0.3 is 0 Å². The van der Waals surface area contributed by atoms with Gasteiger partial charge in [-0.25, -0.2) is 0 Å². The molecule has 1 saturated heterocycles. The average molecular weight is 303 g/mol. The molecule has 3 nitrogen and oxygen atoms in total. The summed E-state index contributed by atoms with van der Waals surface area (Å²) in [6, 6.07) is 7.14. The number of carbonyl (C=O) groups excluding carboxylic acids is 1. The normalized spacial score (nSPS) is 16.9. The first-order valence-electron chi connectivity index (χ1n) is 6.35. The fourth-order valence-corrected chi connectivity index (χ4v) is 2.24. The summed E-state index contributed by atoms with van der Waals surface area (Å²) in [6.07, 6.45) is 0.589. The number of Topliss-reactive ketones (excluding diaryl/α,β-unsaturated/α-hetero) is 1. The minimum atomic E-state index is 0. The highest BCUT2D eigenvalue weighted by atomic mass is 35.5. The summed E-state index contributed by atoms with van der Waals surface area (Å²) in [5.74, 6) is 0.200. The Hall–Kier alpha value is -0.610. The third-order valence-corrected chi connectivity index (χ3v) is 3.67. The Morgan fingerprint density at radius 1 is 1.16 bits per heavy atom. The molecule has 1 heterocycles. The van der Waals surface area contributed by atoms with Gasteiger partial charge < -0.3 is 9.80 Å². The summed E-state index contributed by atoms with van der Waals surface area (Å²) >= 11 is 5.80. The highest BCUT2D eigenvalue weighted by Gasteiger charge is 2.15. The third-order valence-electron chi connectivity index (χ3n) is 3.42. The van der Waals surface area contributed by atoms with Crippen LogP contribution < -0.4 is 0 Å². The van der Waals surface area contributed by atoms with Gasteiger partial charge in [-0.2, -0.15) is 0 Å². The summed E-state index contributed by atoms with van der Waals surface area (Å²) in [7, 11) is 2.14. The van der Waals surface area contributed by atoms with Crippen molar-refractivity contribution in [3.63, 3.8) is 0 Å². The molecule has 0 amide bonds. The van der Waals surface area contributed by atoms with E-state index in [1.165, 1.54) is 0 Å². The molecular weight excluding hydrogens is 283 g/mol. The molecule has 106 valence electrons. The summed E-state index contributed by atoms with van der Waals surface area (Å²) < 4.78 is 0. The van der Waals surface area contributed by atoms with E-state index in [0.29, 0.717) is 11.4 Å². The molecule has 0 aliphatic carbocycles. The number of benzene rings is 1. The lowest BCUT2D eigenvalue weighted by atomic mass is 10.1. The lowest BCUT2D eigenvalue weighted by Crippen LogP contribution is -2.45. The SMILES string of the molecule is CN1CCN(CCC(=O)c2ccc(Cl)cc2)CC1.Cl. The molecule has 0 aromatic heterocycles. The van der Waals surface area contributed by atoms with Gasteiger partial charge in [0.2, 0.25) is 0 Å². The quantitative estimate of drug-likeness (QED) is 0.799. The van der Waals surface area contributed by atoms with E-state index in [9.17, 15) is 4.79 Å². The van der Waals surface area contributed by atoms with Crippen molar-refractivity contribution in [3.8, 4) is 0 Å². The van der Waals surface area contributed by atoms with Gasteiger partial charge in [0.05, 0.1) is 0 Å². The number of likely N-dealkylation sites (N-methyl/N-ethyl adjacent to an activating group) is 1. The number of carbonyl (C=O) groups is 1. The molecule has 0 radical (unpaired) electrons. The van der Waals surface area contributed by atoms with Crippen molar-refractivity contribution in [2.75, 3.05) is 39.8 Å². The first-order chi connectivity index (χ1) is 8.65. The second kappa shape index (κ2) is 7.85. The van der Waals surface area contributed by atoms with Gasteiger partial charge in [0.25, 0.3) is 0 Å². The molecule has 0 atom stereocenters. The van der Waals surface area contributed by atoms with Gasteiger partial charge in [0, 0.05) is 49.7 Å². The van der Waals surface area contributed by atoms with Gasteiger partial charge in [-0.05, 0) is 31.3 Å². The van der Waals surface area contributed by atoms with Crippen LogP contribution >= 0.6 is 24.0 Å². The second-order valence-electron chi connectivity index (χ2n) is 4.82. The number of rotatable bonds is 4. The average Bonchev–Trinajstić information content (AvgIpc) is 2.38. The van der Waals surface area contributed by atoms with Gasteiger partial charge in [0.1, 0.15) is 0 Å². The van der Waals surface area contributed by atoms with E-state index < -0.39 is 0 Å².